The molecule has 2 N–H and O–H groups in total. The van der Waals surface area contributed by atoms with Crippen LogP contribution in [0.15, 0.2) is 52.9 Å². The van der Waals surface area contributed by atoms with Gasteiger partial charge in [-0.05, 0) is 36.8 Å². The first kappa shape index (κ1) is 18.3. The van der Waals surface area contributed by atoms with E-state index in [1.807, 2.05) is 19.1 Å². The number of nitrogens with two attached hydrogens (primary N) is 1. The molecule has 8 heteroatoms. The van der Waals surface area contributed by atoms with Crippen molar-refractivity contribution in [2.24, 2.45) is 5.73 Å². The van der Waals surface area contributed by atoms with Crippen molar-refractivity contribution >= 4 is 43.2 Å². The number of benzene rings is 2. The maximum Gasteiger partial charge on any atom is 0.245 e. The zero-order valence-corrected chi connectivity index (χ0v) is 16.0. The molecule has 0 radical (unpaired) electrons. The average molecular weight is 396 g/mol. The number of rotatable bonds is 6. The molecule has 3 aromatic rings. The Morgan fingerprint density at radius 2 is 2.04 bits per heavy atom. The van der Waals surface area contributed by atoms with Crippen molar-refractivity contribution in [2.75, 3.05) is 13.1 Å². The minimum atomic E-state index is -3.74. The van der Waals surface area contributed by atoms with Crippen LogP contribution < -0.4 is 5.73 Å². The van der Waals surface area contributed by atoms with Gasteiger partial charge < -0.3 is 5.73 Å². The third kappa shape index (κ3) is 3.56. The van der Waals surface area contributed by atoms with Crippen LogP contribution in [0.1, 0.15) is 18.5 Å². The van der Waals surface area contributed by atoms with Crippen LogP contribution in [0.4, 0.5) is 0 Å². The van der Waals surface area contributed by atoms with E-state index in [-0.39, 0.29) is 18.0 Å². The topological polar surface area (TPSA) is 76.3 Å². The third-order valence-electron chi connectivity index (χ3n) is 4.02. The number of sulfonamides is 1. The molecule has 0 saturated carbocycles. The molecular formula is C17H18ClN3O2S2. The van der Waals surface area contributed by atoms with E-state index in [0.717, 1.165) is 5.56 Å². The molecule has 1 heterocycles. The molecule has 1 atom stereocenters. The molecule has 0 aliphatic heterocycles. The van der Waals surface area contributed by atoms with E-state index in [1.54, 1.807) is 35.8 Å². The molecular weight excluding hydrogens is 378 g/mol. The van der Waals surface area contributed by atoms with Crippen LogP contribution in [-0.4, -0.2) is 30.8 Å². The second-order valence-corrected chi connectivity index (χ2v) is 8.74. The number of thiazole rings is 1. The average Bonchev–Trinajstić information content (AvgIpc) is 3.07. The Kier molecular flexibility index (Phi) is 5.41. The number of hydrogen-bond acceptors (Lipinski definition) is 5. The Hall–Kier alpha value is -1.51. The normalized spacial score (nSPS) is 13.4. The van der Waals surface area contributed by atoms with Gasteiger partial charge in [0, 0.05) is 24.2 Å². The van der Waals surface area contributed by atoms with Crippen molar-refractivity contribution in [2.45, 2.75) is 17.9 Å². The molecule has 0 spiro atoms. The Labute approximate surface area is 156 Å². The smallest absolute Gasteiger partial charge is 0.245 e. The fourth-order valence-corrected chi connectivity index (χ4v) is 5.85. The summed E-state index contributed by atoms with van der Waals surface area (Å²) in [4.78, 5) is 4.47. The van der Waals surface area contributed by atoms with E-state index in [2.05, 4.69) is 4.98 Å². The van der Waals surface area contributed by atoms with E-state index >= 15 is 0 Å². The molecule has 5 nitrogen and oxygen atoms in total. The lowest BCUT2D eigenvalue weighted by molar-refractivity contribution is 0.350. The summed E-state index contributed by atoms with van der Waals surface area (Å²) in [5.41, 5.74) is 8.85. The fourth-order valence-electron chi connectivity index (χ4n) is 2.77. The van der Waals surface area contributed by atoms with Crippen LogP contribution in [0, 0.1) is 0 Å². The van der Waals surface area contributed by atoms with Gasteiger partial charge in [-0.15, -0.1) is 11.3 Å². The molecule has 2 aromatic carbocycles. The summed E-state index contributed by atoms with van der Waals surface area (Å²) in [7, 11) is -3.74. The van der Waals surface area contributed by atoms with Crippen LogP contribution in [0.3, 0.4) is 0 Å². The SMILES string of the molecule is CC(c1cccc(Cl)c1)N(CCN)S(=O)(=O)c1cccc2ncsc12. The van der Waals surface area contributed by atoms with Crippen LogP contribution in [0.5, 0.6) is 0 Å². The molecule has 0 fully saturated rings. The molecule has 0 bridgehead atoms. The van der Waals surface area contributed by atoms with Gasteiger partial charge in [0.2, 0.25) is 10.0 Å². The quantitative estimate of drug-likeness (QED) is 0.691. The van der Waals surface area contributed by atoms with Gasteiger partial charge in [-0.3, -0.25) is 0 Å². The van der Waals surface area contributed by atoms with Gasteiger partial charge in [0.25, 0.3) is 0 Å². The summed E-state index contributed by atoms with van der Waals surface area (Å²) < 4.78 is 28.8. The van der Waals surface area contributed by atoms with Crippen molar-refractivity contribution in [1.82, 2.24) is 9.29 Å². The lowest BCUT2D eigenvalue weighted by atomic mass is 10.1. The van der Waals surface area contributed by atoms with Crippen molar-refractivity contribution in [3.8, 4) is 0 Å². The monoisotopic (exact) mass is 395 g/mol. The first-order valence-electron chi connectivity index (χ1n) is 7.74. The Morgan fingerprint density at radius 1 is 1.28 bits per heavy atom. The van der Waals surface area contributed by atoms with Crippen LogP contribution in [0.25, 0.3) is 10.2 Å². The highest BCUT2D eigenvalue weighted by molar-refractivity contribution is 7.89. The summed E-state index contributed by atoms with van der Waals surface area (Å²) >= 11 is 7.38. The maximum atomic E-state index is 13.4. The zero-order chi connectivity index (χ0) is 18.0. The standard InChI is InChI=1S/C17H18ClN3O2S2/c1-12(13-4-2-5-14(18)10-13)21(9-8-19)25(22,23)16-7-3-6-15-17(16)24-11-20-15/h2-7,10-12H,8-9,19H2,1H3. The lowest BCUT2D eigenvalue weighted by Crippen LogP contribution is -2.37. The molecule has 1 aromatic heterocycles. The second-order valence-electron chi connectivity index (χ2n) is 5.59. The minimum absolute atomic E-state index is 0.213. The minimum Gasteiger partial charge on any atom is -0.329 e. The Morgan fingerprint density at radius 3 is 2.76 bits per heavy atom. The van der Waals surface area contributed by atoms with Crippen molar-refractivity contribution in [3.63, 3.8) is 0 Å². The van der Waals surface area contributed by atoms with Gasteiger partial charge in [0.15, 0.2) is 0 Å². The molecule has 0 saturated heterocycles. The number of nitrogens with zero attached hydrogens (tertiary/aromatic N) is 2. The predicted octanol–water partition coefficient (Wildman–Crippen LogP) is 3.66. The summed E-state index contributed by atoms with van der Waals surface area (Å²) in [6.45, 7) is 2.28. The molecule has 1 unspecified atom stereocenters. The summed E-state index contributed by atoms with van der Waals surface area (Å²) in [5, 5.41) is 0.569. The summed E-state index contributed by atoms with van der Waals surface area (Å²) in [6, 6.07) is 11.9. The molecule has 0 amide bonds. The number of hydrogen-bond donors (Lipinski definition) is 1. The van der Waals surface area contributed by atoms with Crippen molar-refractivity contribution < 1.29 is 8.42 Å². The van der Waals surface area contributed by atoms with E-state index in [9.17, 15) is 8.42 Å². The molecule has 132 valence electrons. The van der Waals surface area contributed by atoms with E-state index < -0.39 is 16.1 Å². The number of aromatic nitrogens is 1. The predicted molar refractivity (Wildman–Crippen MR) is 102 cm³/mol. The van der Waals surface area contributed by atoms with Crippen molar-refractivity contribution in [1.29, 1.82) is 0 Å². The summed E-state index contributed by atoms with van der Waals surface area (Å²) in [5.74, 6) is 0. The highest BCUT2D eigenvalue weighted by atomic mass is 35.5. The zero-order valence-electron chi connectivity index (χ0n) is 13.6. The summed E-state index contributed by atoms with van der Waals surface area (Å²) in [6.07, 6.45) is 0. The first-order valence-corrected chi connectivity index (χ1v) is 10.4. The number of halogens is 1. The highest BCUT2D eigenvalue weighted by Gasteiger charge is 2.31. The molecule has 0 aliphatic rings. The van der Waals surface area contributed by atoms with Crippen LogP contribution >= 0.6 is 22.9 Å². The van der Waals surface area contributed by atoms with Crippen LogP contribution in [0.2, 0.25) is 5.02 Å². The van der Waals surface area contributed by atoms with Gasteiger partial charge in [-0.1, -0.05) is 29.8 Å². The van der Waals surface area contributed by atoms with Crippen LogP contribution in [-0.2, 0) is 10.0 Å². The largest absolute Gasteiger partial charge is 0.329 e. The van der Waals surface area contributed by atoms with Gasteiger partial charge in [-0.2, -0.15) is 4.31 Å². The number of fused-ring (bicyclic) bond motifs is 1. The van der Waals surface area contributed by atoms with Crippen molar-refractivity contribution in [3.05, 3.63) is 58.6 Å². The highest BCUT2D eigenvalue weighted by Crippen LogP contribution is 2.33. The maximum absolute atomic E-state index is 13.4. The fraction of sp³-hybridized carbons (Fsp3) is 0.235. The van der Waals surface area contributed by atoms with Gasteiger partial charge in [-0.25, -0.2) is 13.4 Å². The second kappa shape index (κ2) is 7.39. The van der Waals surface area contributed by atoms with E-state index in [0.29, 0.717) is 15.2 Å². The molecule has 25 heavy (non-hydrogen) atoms. The Balaban J connectivity index is 2.09. The first-order chi connectivity index (χ1) is 11.9. The van der Waals surface area contributed by atoms with E-state index in [1.165, 1.54) is 15.6 Å². The lowest BCUT2D eigenvalue weighted by Gasteiger charge is -2.28. The molecule has 3 rings (SSSR count). The van der Waals surface area contributed by atoms with Gasteiger partial charge in [0.05, 0.1) is 15.7 Å². The van der Waals surface area contributed by atoms with Gasteiger partial charge in [0.1, 0.15) is 4.90 Å². The Bertz CT molecular complexity index is 988. The van der Waals surface area contributed by atoms with E-state index in [4.69, 9.17) is 17.3 Å². The molecule has 0 aliphatic carbocycles. The third-order valence-corrected chi connectivity index (χ3v) is 7.27. The van der Waals surface area contributed by atoms with Gasteiger partial charge >= 0.3 is 0 Å².